The van der Waals surface area contributed by atoms with Crippen LogP contribution in [-0.4, -0.2) is 11.7 Å². The smallest absolute Gasteiger partial charge is 0.163 e. The van der Waals surface area contributed by atoms with Crippen molar-refractivity contribution in [1.29, 1.82) is 0 Å². The van der Waals surface area contributed by atoms with Crippen LogP contribution in [0.1, 0.15) is 22.3 Å². The lowest BCUT2D eigenvalue weighted by molar-refractivity contribution is -0.682. The minimum absolute atomic E-state index is 0.331. The van der Waals surface area contributed by atoms with E-state index in [1.807, 2.05) is 12.2 Å². The largest absolute Gasteiger partial charge is 0.375 e. The first-order chi connectivity index (χ1) is 12.5. The van der Waals surface area contributed by atoms with Crippen molar-refractivity contribution in [2.24, 2.45) is 0 Å². The highest BCUT2D eigenvalue weighted by molar-refractivity contribution is 5.36. The Labute approximate surface area is 152 Å². The van der Waals surface area contributed by atoms with E-state index in [2.05, 4.69) is 24.3 Å². The molecule has 3 N–H and O–H groups in total. The number of hydrogen-bond acceptors (Lipinski definition) is 1. The molecule has 0 aromatic heterocycles. The van der Waals surface area contributed by atoms with Crippen molar-refractivity contribution in [3.63, 3.8) is 0 Å². The summed E-state index contributed by atoms with van der Waals surface area (Å²) in [5.41, 5.74) is 2.15. The van der Waals surface area contributed by atoms with Crippen LogP contribution < -0.4 is 5.32 Å². The molecule has 4 heteroatoms. The van der Waals surface area contributed by atoms with E-state index in [4.69, 9.17) is 0 Å². The summed E-state index contributed by atoms with van der Waals surface area (Å²) >= 11 is 0. The third kappa shape index (κ3) is 4.15. The third-order valence-corrected chi connectivity index (χ3v) is 4.58. The Morgan fingerprint density at radius 2 is 1.23 bits per heavy atom. The molecule has 0 aliphatic heterocycles. The number of aryl methyl sites for hydroxylation is 1. The minimum atomic E-state index is -1.34. The SMILES string of the molecule is Cc1ccc(C[NH2+]CC(O)(c2ccc(F)cc2)c2ccc(F)cc2)cc1. The number of hydrogen-bond donors (Lipinski definition) is 2. The van der Waals surface area contributed by atoms with Gasteiger partial charge in [0.05, 0.1) is 0 Å². The average molecular weight is 354 g/mol. The fourth-order valence-corrected chi connectivity index (χ4v) is 3.03. The van der Waals surface area contributed by atoms with Gasteiger partial charge in [0, 0.05) is 5.56 Å². The van der Waals surface area contributed by atoms with E-state index in [-0.39, 0.29) is 11.6 Å². The summed E-state index contributed by atoms with van der Waals surface area (Å²) in [5, 5.41) is 13.4. The highest BCUT2D eigenvalue weighted by Gasteiger charge is 2.33. The summed E-state index contributed by atoms with van der Waals surface area (Å²) in [7, 11) is 0. The van der Waals surface area contributed by atoms with E-state index in [0.29, 0.717) is 24.2 Å². The van der Waals surface area contributed by atoms with Gasteiger partial charge in [0.2, 0.25) is 0 Å². The van der Waals surface area contributed by atoms with Gasteiger partial charge in [-0.25, -0.2) is 8.78 Å². The summed E-state index contributed by atoms with van der Waals surface area (Å²) < 4.78 is 26.6. The van der Waals surface area contributed by atoms with Gasteiger partial charge in [-0.05, 0) is 42.3 Å². The Morgan fingerprint density at radius 3 is 1.69 bits per heavy atom. The van der Waals surface area contributed by atoms with Crippen LogP contribution in [0.3, 0.4) is 0 Å². The Morgan fingerprint density at radius 1 is 0.769 bits per heavy atom. The first-order valence-corrected chi connectivity index (χ1v) is 8.59. The summed E-state index contributed by atoms with van der Waals surface area (Å²) in [4.78, 5) is 0. The summed E-state index contributed by atoms with van der Waals surface area (Å²) in [6.45, 7) is 3.07. The Bertz CT molecular complexity index is 797. The minimum Gasteiger partial charge on any atom is -0.375 e. The molecule has 0 aliphatic rings. The van der Waals surface area contributed by atoms with Crippen LogP contribution in [0.15, 0.2) is 72.8 Å². The molecule has 0 saturated carbocycles. The van der Waals surface area contributed by atoms with Gasteiger partial charge in [0.1, 0.15) is 24.7 Å². The van der Waals surface area contributed by atoms with Crippen molar-refractivity contribution in [2.45, 2.75) is 19.1 Å². The topological polar surface area (TPSA) is 36.8 Å². The number of quaternary nitrogens is 1. The molecule has 3 rings (SSSR count). The van der Waals surface area contributed by atoms with E-state index in [1.54, 1.807) is 24.3 Å². The number of aliphatic hydroxyl groups is 1. The third-order valence-electron chi connectivity index (χ3n) is 4.58. The molecule has 0 radical (unpaired) electrons. The van der Waals surface area contributed by atoms with Gasteiger partial charge in [-0.1, -0.05) is 54.1 Å². The maximum absolute atomic E-state index is 13.3. The molecule has 3 aromatic carbocycles. The van der Waals surface area contributed by atoms with Crippen molar-refractivity contribution in [3.8, 4) is 0 Å². The zero-order valence-electron chi connectivity index (χ0n) is 14.6. The van der Waals surface area contributed by atoms with Crippen molar-refractivity contribution in [1.82, 2.24) is 0 Å². The molecular weight excluding hydrogens is 332 g/mol. The van der Waals surface area contributed by atoms with E-state index in [1.165, 1.54) is 29.8 Å². The van der Waals surface area contributed by atoms with E-state index in [0.717, 1.165) is 5.56 Å². The summed E-state index contributed by atoms with van der Waals surface area (Å²) in [6.07, 6.45) is 0. The number of nitrogens with two attached hydrogens (primary N) is 1. The highest BCUT2D eigenvalue weighted by Crippen LogP contribution is 2.28. The Hall–Kier alpha value is -2.56. The second-order valence-corrected chi connectivity index (χ2v) is 6.56. The molecule has 0 heterocycles. The first-order valence-electron chi connectivity index (χ1n) is 8.59. The highest BCUT2D eigenvalue weighted by atomic mass is 19.1. The Kier molecular flexibility index (Phi) is 5.45. The van der Waals surface area contributed by atoms with Crippen molar-refractivity contribution >= 4 is 0 Å². The van der Waals surface area contributed by atoms with Gasteiger partial charge >= 0.3 is 0 Å². The summed E-state index contributed by atoms with van der Waals surface area (Å²) in [5.74, 6) is -0.724. The van der Waals surface area contributed by atoms with Crippen molar-refractivity contribution in [2.75, 3.05) is 6.54 Å². The fraction of sp³-hybridized carbons (Fsp3) is 0.182. The fourth-order valence-electron chi connectivity index (χ4n) is 3.03. The quantitative estimate of drug-likeness (QED) is 0.700. The molecule has 0 unspecified atom stereocenters. The van der Waals surface area contributed by atoms with Crippen molar-refractivity contribution in [3.05, 3.63) is 107 Å². The number of halogens is 2. The normalized spacial score (nSPS) is 11.5. The van der Waals surface area contributed by atoms with Crippen LogP contribution in [0, 0.1) is 18.6 Å². The number of benzene rings is 3. The van der Waals surface area contributed by atoms with Crippen LogP contribution in [-0.2, 0) is 12.1 Å². The van der Waals surface area contributed by atoms with Crippen LogP contribution in [0.2, 0.25) is 0 Å². The molecule has 134 valence electrons. The van der Waals surface area contributed by atoms with Gasteiger partial charge < -0.3 is 10.4 Å². The lowest BCUT2D eigenvalue weighted by Crippen LogP contribution is -2.86. The van der Waals surface area contributed by atoms with Gasteiger partial charge in [0.15, 0.2) is 5.60 Å². The molecule has 0 fully saturated rings. The zero-order valence-corrected chi connectivity index (χ0v) is 14.6. The summed E-state index contributed by atoms with van der Waals surface area (Å²) in [6, 6.07) is 19.8. The van der Waals surface area contributed by atoms with Crippen LogP contribution >= 0.6 is 0 Å². The van der Waals surface area contributed by atoms with Crippen LogP contribution in [0.4, 0.5) is 8.78 Å². The zero-order chi connectivity index (χ0) is 18.6. The van der Waals surface area contributed by atoms with E-state index < -0.39 is 5.60 Å². The maximum Gasteiger partial charge on any atom is 0.163 e. The van der Waals surface area contributed by atoms with E-state index >= 15 is 0 Å². The van der Waals surface area contributed by atoms with Gasteiger partial charge in [-0.2, -0.15) is 0 Å². The molecule has 3 aromatic rings. The van der Waals surface area contributed by atoms with Gasteiger partial charge in [-0.15, -0.1) is 0 Å². The molecule has 0 atom stereocenters. The molecule has 0 aliphatic carbocycles. The van der Waals surface area contributed by atoms with Crippen molar-refractivity contribution < 1.29 is 19.2 Å². The maximum atomic E-state index is 13.3. The molecule has 26 heavy (non-hydrogen) atoms. The lowest BCUT2D eigenvalue weighted by atomic mass is 9.86. The predicted molar refractivity (Wildman–Crippen MR) is 97.5 cm³/mol. The van der Waals surface area contributed by atoms with Gasteiger partial charge in [-0.3, -0.25) is 0 Å². The second-order valence-electron chi connectivity index (χ2n) is 6.56. The lowest BCUT2D eigenvalue weighted by Gasteiger charge is -2.28. The number of rotatable bonds is 6. The molecule has 0 saturated heterocycles. The molecule has 0 amide bonds. The molecule has 0 spiro atoms. The Balaban J connectivity index is 1.83. The molecule has 2 nitrogen and oxygen atoms in total. The first kappa shape index (κ1) is 18.2. The van der Waals surface area contributed by atoms with Crippen LogP contribution in [0.25, 0.3) is 0 Å². The molecular formula is C22H22F2NO+. The molecule has 0 bridgehead atoms. The predicted octanol–water partition coefficient (Wildman–Crippen LogP) is 3.27. The average Bonchev–Trinajstić information content (AvgIpc) is 2.64. The van der Waals surface area contributed by atoms with Crippen LogP contribution in [0.5, 0.6) is 0 Å². The van der Waals surface area contributed by atoms with E-state index in [9.17, 15) is 13.9 Å². The standard InChI is InChI=1S/C22H21F2NO/c1-16-2-4-17(5-3-16)14-25-15-22(26,18-6-10-20(23)11-7-18)19-8-12-21(24)13-9-19/h2-13,25-26H,14-15H2,1H3/p+1. The monoisotopic (exact) mass is 354 g/mol. The van der Waals surface area contributed by atoms with Gasteiger partial charge in [0.25, 0.3) is 0 Å². The second kappa shape index (κ2) is 7.77.